The van der Waals surface area contributed by atoms with E-state index in [0.717, 1.165) is 53.9 Å². The maximum atomic E-state index is 12.5. The lowest BCUT2D eigenvalue weighted by Crippen LogP contribution is -2.54. The van der Waals surface area contributed by atoms with Crippen LogP contribution in [0.1, 0.15) is 25.5 Å². The number of anilines is 1. The van der Waals surface area contributed by atoms with Gasteiger partial charge in [0, 0.05) is 26.2 Å². The molecule has 3 aliphatic rings. The van der Waals surface area contributed by atoms with Crippen LogP contribution >= 0.6 is 0 Å². The molecule has 1 amide bonds. The van der Waals surface area contributed by atoms with Crippen molar-refractivity contribution in [3.05, 3.63) is 48.3 Å². The first kappa shape index (κ1) is 21.4. The number of aliphatic imine (C=N–C) groups is 1. The monoisotopic (exact) mass is 447 g/mol. The van der Waals surface area contributed by atoms with Gasteiger partial charge in [-0.3, -0.25) is 9.78 Å². The number of nitrogens with zero attached hydrogens (tertiary/aromatic N) is 5. The highest BCUT2D eigenvalue weighted by Crippen LogP contribution is 2.34. The topological polar surface area (TPSA) is 123 Å². The van der Waals surface area contributed by atoms with E-state index in [2.05, 4.69) is 20.9 Å². The molecule has 1 saturated carbocycles. The molecule has 33 heavy (non-hydrogen) atoms. The van der Waals surface area contributed by atoms with Crippen molar-refractivity contribution in [3.8, 4) is 0 Å². The summed E-state index contributed by atoms with van der Waals surface area (Å²) in [6, 6.07) is 6.20. The zero-order valence-electron chi connectivity index (χ0n) is 18.8. The van der Waals surface area contributed by atoms with Gasteiger partial charge in [-0.05, 0) is 49.6 Å². The number of rotatable bonds is 3. The standard InChI is InChI=1S/C24H29N7O2/c1-16-2-3-17(6-9-27-23(25)33-16)19-4-5-20-21(29-19)14-18(15-28-20)30-10-12-31(13-11-30)22(32)24(26)7-8-24/h2-6,14-16H,7-13,26H2,1H3,(H2,25,27)/b3-2-,17-6+. The summed E-state index contributed by atoms with van der Waals surface area (Å²) >= 11 is 0. The summed E-state index contributed by atoms with van der Waals surface area (Å²) in [5, 5.41) is 0. The van der Waals surface area contributed by atoms with Crippen LogP contribution in [0, 0.1) is 0 Å². The smallest absolute Gasteiger partial charge is 0.282 e. The minimum Gasteiger partial charge on any atom is -0.458 e. The average molecular weight is 448 g/mol. The molecule has 2 aromatic heterocycles. The molecule has 1 aliphatic carbocycles. The lowest BCUT2D eigenvalue weighted by atomic mass is 10.1. The Bertz CT molecular complexity index is 1160. The number of hydrogen-bond acceptors (Lipinski definition) is 8. The van der Waals surface area contributed by atoms with E-state index in [0.29, 0.717) is 19.6 Å². The second kappa shape index (κ2) is 8.47. The fraction of sp³-hybridized carbons (Fsp3) is 0.417. The molecule has 0 radical (unpaired) electrons. The van der Waals surface area contributed by atoms with E-state index in [-0.39, 0.29) is 18.0 Å². The lowest BCUT2D eigenvalue weighted by molar-refractivity contribution is -0.133. The van der Waals surface area contributed by atoms with Crippen molar-refractivity contribution in [2.24, 2.45) is 16.5 Å². The Morgan fingerprint density at radius 2 is 1.97 bits per heavy atom. The van der Waals surface area contributed by atoms with Crippen molar-refractivity contribution in [3.63, 3.8) is 0 Å². The molecule has 5 rings (SSSR count). The lowest BCUT2D eigenvalue weighted by Gasteiger charge is -2.37. The summed E-state index contributed by atoms with van der Waals surface area (Å²) < 4.78 is 5.49. The molecule has 2 aromatic rings. The summed E-state index contributed by atoms with van der Waals surface area (Å²) in [6.45, 7) is 5.18. The number of pyridine rings is 2. The van der Waals surface area contributed by atoms with Gasteiger partial charge in [0.2, 0.25) is 5.91 Å². The van der Waals surface area contributed by atoms with E-state index in [1.54, 1.807) is 0 Å². The number of piperazine rings is 1. The third-order valence-electron chi connectivity index (χ3n) is 6.38. The number of fused-ring (bicyclic) bond motifs is 1. The molecule has 0 bridgehead atoms. The molecule has 0 spiro atoms. The molecule has 1 saturated heterocycles. The van der Waals surface area contributed by atoms with Crippen molar-refractivity contribution < 1.29 is 9.53 Å². The number of carbonyl (C=O) groups excluding carboxylic acids is 1. The van der Waals surface area contributed by atoms with Crippen molar-refractivity contribution in [1.29, 1.82) is 0 Å². The van der Waals surface area contributed by atoms with Crippen LogP contribution in [0.5, 0.6) is 0 Å². The van der Waals surface area contributed by atoms with E-state index in [1.165, 1.54) is 0 Å². The van der Waals surface area contributed by atoms with Gasteiger partial charge in [-0.2, -0.15) is 0 Å². The molecule has 4 N–H and O–H groups in total. The number of amides is 1. The van der Waals surface area contributed by atoms with Gasteiger partial charge in [0.05, 0.1) is 40.7 Å². The fourth-order valence-corrected chi connectivity index (χ4v) is 4.16. The van der Waals surface area contributed by atoms with Crippen molar-refractivity contribution in [1.82, 2.24) is 14.9 Å². The quantitative estimate of drug-likeness (QED) is 0.730. The van der Waals surface area contributed by atoms with Gasteiger partial charge in [0.15, 0.2) is 0 Å². The molecule has 172 valence electrons. The van der Waals surface area contributed by atoms with Crippen LogP contribution in [-0.4, -0.2) is 71.2 Å². The first-order valence-electron chi connectivity index (χ1n) is 11.4. The minimum absolute atomic E-state index is 0.0900. The molecule has 1 atom stereocenters. The van der Waals surface area contributed by atoms with Gasteiger partial charge in [-0.1, -0.05) is 12.2 Å². The van der Waals surface area contributed by atoms with E-state index in [4.69, 9.17) is 21.2 Å². The maximum absolute atomic E-state index is 12.5. The highest BCUT2D eigenvalue weighted by Gasteiger charge is 2.48. The molecule has 1 unspecified atom stereocenters. The second-order valence-corrected chi connectivity index (χ2v) is 8.88. The van der Waals surface area contributed by atoms with Crippen molar-refractivity contribution in [2.75, 3.05) is 37.6 Å². The van der Waals surface area contributed by atoms with Crippen LogP contribution in [0.2, 0.25) is 0 Å². The van der Waals surface area contributed by atoms with Crippen LogP contribution in [0.25, 0.3) is 16.6 Å². The normalized spacial score (nSPS) is 25.1. The Morgan fingerprint density at radius 3 is 2.73 bits per heavy atom. The molecule has 2 fully saturated rings. The molecule has 2 aliphatic heterocycles. The average Bonchev–Trinajstić information content (AvgIpc) is 3.57. The molecule has 9 heteroatoms. The Balaban J connectivity index is 1.35. The van der Waals surface area contributed by atoms with Crippen LogP contribution in [0.4, 0.5) is 5.69 Å². The number of ether oxygens (including phenoxy) is 1. The highest BCUT2D eigenvalue weighted by atomic mass is 16.5. The number of nitrogens with two attached hydrogens (primary N) is 2. The number of carbonyl (C=O) groups is 1. The molecule has 4 heterocycles. The number of hydrogen-bond donors (Lipinski definition) is 2. The number of amidine groups is 1. The van der Waals surface area contributed by atoms with Crippen LogP contribution in [-0.2, 0) is 9.53 Å². The molecular formula is C24H29N7O2. The summed E-state index contributed by atoms with van der Waals surface area (Å²) in [5.74, 6) is 0.0900. The summed E-state index contributed by atoms with van der Waals surface area (Å²) in [5.41, 5.74) is 15.7. The molecule has 9 nitrogen and oxygen atoms in total. The zero-order chi connectivity index (χ0) is 23.0. The predicted molar refractivity (Wildman–Crippen MR) is 129 cm³/mol. The van der Waals surface area contributed by atoms with Crippen molar-refractivity contribution >= 4 is 34.2 Å². The van der Waals surface area contributed by atoms with E-state index < -0.39 is 5.54 Å². The third-order valence-corrected chi connectivity index (χ3v) is 6.38. The van der Waals surface area contributed by atoms with Crippen LogP contribution in [0.3, 0.4) is 0 Å². The molecule has 0 aromatic carbocycles. The van der Waals surface area contributed by atoms with Crippen LogP contribution in [0.15, 0.2) is 47.6 Å². The summed E-state index contributed by atoms with van der Waals surface area (Å²) in [4.78, 5) is 30.4. The second-order valence-electron chi connectivity index (χ2n) is 8.88. The number of aromatic nitrogens is 2. The van der Waals surface area contributed by atoms with Gasteiger partial charge in [-0.25, -0.2) is 9.98 Å². The Labute approximate surface area is 192 Å². The number of allylic oxidation sites excluding steroid dienone is 2. The Kier molecular flexibility index (Phi) is 5.49. The first-order chi connectivity index (χ1) is 15.9. The van der Waals surface area contributed by atoms with E-state index in [1.807, 2.05) is 48.4 Å². The first-order valence-corrected chi connectivity index (χ1v) is 11.4. The minimum atomic E-state index is -0.604. The Morgan fingerprint density at radius 1 is 1.18 bits per heavy atom. The van der Waals surface area contributed by atoms with Gasteiger partial charge in [0.1, 0.15) is 6.10 Å². The zero-order valence-corrected chi connectivity index (χ0v) is 18.8. The largest absolute Gasteiger partial charge is 0.458 e. The van der Waals surface area contributed by atoms with Crippen LogP contribution < -0.4 is 16.4 Å². The van der Waals surface area contributed by atoms with Gasteiger partial charge in [0.25, 0.3) is 6.02 Å². The van der Waals surface area contributed by atoms with Gasteiger partial charge in [-0.15, -0.1) is 0 Å². The maximum Gasteiger partial charge on any atom is 0.282 e. The van der Waals surface area contributed by atoms with Gasteiger partial charge >= 0.3 is 0 Å². The Hall–Kier alpha value is -3.46. The summed E-state index contributed by atoms with van der Waals surface area (Å²) in [6.07, 6.45) is 9.21. The third kappa shape index (κ3) is 4.54. The predicted octanol–water partition coefficient (Wildman–Crippen LogP) is 1.44. The fourth-order valence-electron chi connectivity index (χ4n) is 4.16. The highest BCUT2D eigenvalue weighted by molar-refractivity contribution is 5.89. The van der Waals surface area contributed by atoms with E-state index in [9.17, 15) is 4.79 Å². The van der Waals surface area contributed by atoms with E-state index >= 15 is 0 Å². The van der Waals surface area contributed by atoms with Crippen molar-refractivity contribution in [2.45, 2.75) is 31.4 Å². The molecular weight excluding hydrogens is 418 g/mol. The SMILES string of the molecule is CC1/C=C\C(c2ccc3ncc(N4CCN(C(=O)C5(N)CC5)CC4)cc3n2)=C/CN=C(N)O1. The van der Waals surface area contributed by atoms with Gasteiger partial charge < -0.3 is 26.0 Å². The summed E-state index contributed by atoms with van der Waals surface area (Å²) in [7, 11) is 0.